The Morgan fingerprint density at radius 1 is 1.73 bits per heavy atom. The van der Waals surface area contributed by atoms with Crippen LogP contribution in [0, 0.1) is 0 Å². The molecule has 0 saturated carbocycles. The van der Waals surface area contributed by atoms with Crippen molar-refractivity contribution < 1.29 is 52.1 Å². The van der Waals surface area contributed by atoms with E-state index in [2.05, 4.69) is 10.1 Å². The zero-order valence-electron chi connectivity index (χ0n) is 5.69. The first kappa shape index (κ1) is 11.0. The summed E-state index contributed by atoms with van der Waals surface area (Å²) >= 11 is 0. The summed E-state index contributed by atoms with van der Waals surface area (Å²) in [4.78, 5) is 20.6. The van der Waals surface area contributed by atoms with E-state index in [0.717, 1.165) is 0 Å². The molecular formula is C5H6NO4Y-. The first-order chi connectivity index (χ1) is 4.70. The topological polar surface area (TPSA) is 77.7 Å². The fraction of sp³-hybridized carbons (Fsp3) is 0.600. The molecule has 0 aromatic heterocycles. The van der Waals surface area contributed by atoms with Crippen LogP contribution in [0.3, 0.4) is 0 Å². The molecule has 0 aliphatic carbocycles. The third-order valence-corrected chi connectivity index (χ3v) is 1.09. The van der Waals surface area contributed by atoms with E-state index >= 15 is 0 Å². The maximum atomic E-state index is 10.4. The van der Waals surface area contributed by atoms with Gasteiger partial charge >= 0.3 is 0 Å². The predicted molar refractivity (Wildman–Crippen MR) is 30.6 cm³/mol. The zero-order chi connectivity index (χ0) is 7.56. The summed E-state index contributed by atoms with van der Waals surface area (Å²) in [6, 6.07) is -0.999. The maximum Gasteiger partial charge on any atom is 0.290 e. The quantitative estimate of drug-likeness (QED) is 0.653. The van der Waals surface area contributed by atoms with Crippen molar-refractivity contribution in [2.45, 2.75) is 6.04 Å². The molecule has 1 saturated heterocycles. The number of carbonyl (C=O) groups excluding carboxylic acids is 1. The van der Waals surface area contributed by atoms with Gasteiger partial charge in [0.1, 0.15) is 0 Å². The van der Waals surface area contributed by atoms with Crippen LogP contribution in [0.5, 0.6) is 0 Å². The molecule has 1 aliphatic rings. The number of carboxylic acids is 1. The first-order valence-corrected chi connectivity index (χ1v) is 2.74. The molecule has 1 aliphatic heterocycles. The molecule has 0 unspecified atom stereocenters. The minimum atomic E-state index is -1.12. The van der Waals surface area contributed by atoms with E-state index in [9.17, 15) is 9.59 Å². The van der Waals surface area contributed by atoms with Gasteiger partial charge in [-0.15, -0.1) is 0 Å². The van der Waals surface area contributed by atoms with Crippen LogP contribution in [-0.4, -0.2) is 36.2 Å². The van der Waals surface area contributed by atoms with E-state index in [4.69, 9.17) is 5.11 Å². The number of rotatable bonds is 1. The number of nitrogens with zero attached hydrogens (tertiary/aromatic N) is 1. The zero-order valence-corrected chi connectivity index (χ0v) is 8.53. The molecule has 1 atom stereocenters. The number of amides is 1. The summed E-state index contributed by atoms with van der Waals surface area (Å²) < 4.78 is 4.63. The largest absolute Gasteiger partial charge is 0.638 e. The van der Waals surface area contributed by atoms with Crippen molar-refractivity contribution in [2.24, 2.45) is 0 Å². The summed E-state index contributed by atoms with van der Waals surface area (Å²) in [6.45, 7) is -0.0924. The number of morpholine rings is 1. The molecule has 1 rings (SSSR count). The Balaban J connectivity index is 0.000001000. The molecule has 1 radical (unpaired) electrons. The fourth-order valence-corrected chi connectivity index (χ4v) is 0.633. The molecule has 1 fully saturated rings. The van der Waals surface area contributed by atoms with Crippen molar-refractivity contribution in [3.63, 3.8) is 0 Å². The van der Waals surface area contributed by atoms with Crippen molar-refractivity contribution in [3.05, 3.63) is 5.32 Å². The summed E-state index contributed by atoms with van der Waals surface area (Å²) in [5.74, 6) is -1.62. The molecule has 0 aromatic rings. The van der Waals surface area contributed by atoms with Gasteiger partial charge in [-0.2, -0.15) is 0 Å². The molecule has 0 spiro atoms. The fourth-order valence-electron chi connectivity index (χ4n) is 0.633. The van der Waals surface area contributed by atoms with E-state index in [1.54, 1.807) is 0 Å². The van der Waals surface area contributed by atoms with Crippen molar-refractivity contribution in [1.29, 1.82) is 0 Å². The number of carbonyl (C=O) groups is 2. The van der Waals surface area contributed by atoms with Crippen molar-refractivity contribution in [1.82, 2.24) is 0 Å². The van der Waals surface area contributed by atoms with Gasteiger partial charge in [0.05, 0.1) is 12.5 Å². The maximum absolute atomic E-state index is 10.4. The third kappa shape index (κ3) is 3.27. The Morgan fingerprint density at radius 2 is 2.36 bits per heavy atom. The van der Waals surface area contributed by atoms with Gasteiger partial charge < -0.3 is 20.0 Å². The molecule has 1 N–H and O–H groups in total. The monoisotopic (exact) mass is 233 g/mol. The van der Waals surface area contributed by atoms with Gasteiger partial charge in [-0.1, -0.05) is 0 Å². The Bertz CT molecular complexity index is 170. The first-order valence-electron chi connectivity index (χ1n) is 2.74. The van der Waals surface area contributed by atoms with Gasteiger partial charge in [0.2, 0.25) is 0 Å². The summed E-state index contributed by atoms with van der Waals surface area (Å²) in [5.41, 5.74) is 0. The minimum absolute atomic E-state index is 0. The van der Waals surface area contributed by atoms with Gasteiger partial charge in [0.15, 0.2) is 0 Å². The summed E-state index contributed by atoms with van der Waals surface area (Å²) in [6.07, 6.45) is 0. The van der Waals surface area contributed by atoms with Gasteiger partial charge in [-0.3, -0.25) is 4.79 Å². The minimum Gasteiger partial charge on any atom is -0.638 e. The molecule has 1 heterocycles. The van der Waals surface area contributed by atoms with E-state index in [0.29, 0.717) is 0 Å². The molecule has 6 heteroatoms. The second kappa shape index (κ2) is 4.80. The normalized spacial score (nSPS) is 23.3. The Labute approximate surface area is 88.4 Å². The SMILES string of the molecule is O=C1COC[C@@H](C(=O)O)[N-]1.[Y]. The predicted octanol–water partition coefficient (Wildman–Crippen LogP) is -0.632. The van der Waals surface area contributed by atoms with Gasteiger partial charge in [0.25, 0.3) is 5.97 Å². The average molecular weight is 233 g/mol. The summed E-state index contributed by atoms with van der Waals surface area (Å²) in [5, 5.41) is 11.6. The molecule has 59 valence electrons. The van der Waals surface area contributed by atoms with Crippen LogP contribution >= 0.6 is 0 Å². The van der Waals surface area contributed by atoms with Crippen LogP contribution in [0.15, 0.2) is 0 Å². The summed E-state index contributed by atoms with van der Waals surface area (Å²) in [7, 11) is 0. The molecule has 0 bridgehead atoms. The van der Waals surface area contributed by atoms with E-state index in [-0.39, 0.29) is 45.9 Å². The average Bonchev–Trinajstić information content (AvgIpc) is 1.88. The Kier molecular flexibility index (Phi) is 4.80. The van der Waals surface area contributed by atoms with Gasteiger partial charge in [-0.05, 0) is 0 Å². The number of aliphatic carboxylic acids is 1. The molecule has 0 aromatic carbocycles. The van der Waals surface area contributed by atoms with Gasteiger partial charge in [0, 0.05) is 45.4 Å². The van der Waals surface area contributed by atoms with E-state index < -0.39 is 17.9 Å². The van der Waals surface area contributed by atoms with Crippen LogP contribution in [0.25, 0.3) is 5.32 Å². The van der Waals surface area contributed by atoms with Crippen molar-refractivity contribution >= 4 is 11.9 Å². The van der Waals surface area contributed by atoms with Crippen LogP contribution in [-0.2, 0) is 47.0 Å². The standard InChI is InChI=1S/C5H7NO4.Y/c7-4-2-10-1-3(6-4)5(8)9;/h3H,1-2H2,(H2,6,7,8,9);/p-1/t3-;/m0./s1. The number of ether oxygens (including phenoxy) is 1. The second-order valence-corrected chi connectivity index (χ2v) is 1.89. The van der Waals surface area contributed by atoms with E-state index in [1.807, 2.05) is 0 Å². The molecule has 11 heavy (non-hydrogen) atoms. The second-order valence-electron chi connectivity index (χ2n) is 1.89. The smallest absolute Gasteiger partial charge is 0.290 e. The van der Waals surface area contributed by atoms with Gasteiger partial charge in [-0.25, -0.2) is 0 Å². The van der Waals surface area contributed by atoms with E-state index in [1.165, 1.54) is 0 Å². The van der Waals surface area contributed by atoms with Crippen molar-refractivity contribution in [2.75, 3.05) is 13.2 Å². The number of hydrogen-bond acceptors (Lipinski definition) is 3. The number of hydrogen-bond donors (Lipinski definition) is 1. The van der Waals surface area contributed by atoms with Crippen molar-refractivity contribution in [3.8, 4) is 0 Å². The van der Waals surface area contributed by atoms with Crippen LogP contribution < -0.4 is 0 Å². The molecule has 1 amide bonds. The number of carboxylic acid groups (broad SMARTS) is 1. The Morgan fingerprint density at radius 3 is 2.73 bits per heavy atom. The molecule has 5 nitrogen and oxygen atoms in total. The van der Waals surface area contributed by atoms with Crippen LogP contribution in [0.2, 0.25) is 0 Å². The van der Waals surface area contributed by atoms with Crippen LogP contribution in [0.1, 0.15) is 0 Å². The Hall–Kier alpha value is 0.00390. The van der Waals surface area contributed by atoms with Crippen LogP contribution in [0.4, 0.5) is 0 Å². The third-order valence-electron chi connectivity index (χ3n) is 1.09. The molecular weight excluding hydrogens is 227 g/mol.